The molecule has 86 valence electrons. The number of allylic oxidation sites excluding steroid dienone is 1. The van der Waals surface area contributed by atoms with Crippen LogP contribution in [0.15, 0.2) is 30.9 Å². The molecule has 1 aromatic carbocycles. The van der Waals surface area contributed by atoms with E-state index in [1.807, 2.05) is 38.1 Å². The first-order valence-corrected chi connectivity index (χ1v) is 5.62. The third kappa shape index (κ3) is 2.96. The quantitative estimate of drug-likeness (QED) is 0.540. The second-order valence-electron chi connectivity index (χ2n) is 3.53. The van der Waals surface area contributed by atoms with Gasteiger partial charge in [0.2, 0.25) is 0 Å². The molecular formula is C14H18O2. The molecule has 0 aliphatic rings. The van der Waals surface area contributed by atoms with Crippen LogP contribution in [0, 0.1) is 0 Å². The summed E-state index contributed by atoms with van der Waals surface area (Å²) >= 11 is 0. The Morgan fingerprint density at radius 2 is 2.19 bits per heavy atom. The molecule has 0 N–H and O–H groups in total. The third-order valence-corrected chi connectivity index (χ3v) is 2.37. The number of rotatable bonds is 6. The van der Waals surface area contributed by atoms with E-state index in [0.717, 1.165) is 23.3 Å². The summed E-state index contributed by atoms with van der Waals surface area (Å²) in [6, 6.07) is 5.59. The van der Waals surface area contributed by atoms with Crippen LogP contribution in [0.2, 0.25) is 0 Å². The van der Waals surface area contributed by atoms with Crippen molar-refractivity contribution >= 4 is 5.78 Å². The highest BCUT2D eigenvalue weighted by atomic mass is 16.5. The van der Waals surface area contributed by atoms with Gasteiger partial charge in [-0.1, -0.05) is 13.0 Å². The second kappa shape index (κ2) is 6.11. The van der Waals surface area contributed by atoms with Crippen LogP contribution in [0.5, 0.6) is 5.75 Å². The van der Waals surface area contributed by atoms with E-state index in [2.05, 4.69) is 6.58 Å². The van der Waals surface area contributed by atoms with E-state index in [4.69, 9.17) is 4.74 Å². The molecule has 0 saturated heterocycles. The number of hydrogen-bond acceptors (Lipinski definition) is 2. The fraction of sp³-hybridized carbons (Fsp3) is 0.357. The van der Waals surface area contributed by atoms with Gasteiger partial charge in [-0.15, -0.1) is 6.58 Å². The van der Waals surface area contributed by atoms with Gasteiger partial charge in [-0.2, -0.15) is 0 Å². The molecule has 1 rings (SSSR count). The molecular weight excluding hydrogens is 200 g/mol. The fourth-order valence-corrected chi connectivity index (χ4v) is 1.57. The fourth-order valence-electron chi connectivity index (χ4n) is 1.57. The van der Waals surface area contributed by atoms with Crippen molar-refractivity contribution < 1.29 is 9.53 Å². The van der Waals surface area contributed by atoms with Gasteiger partial charge in [-0.25, -0.2) is 0 Å². The first-order valence-electron chi connectivity index (χ1n) is 5.62. The zero-order chi connectivity index (χ0) is 12.0. The summed E-state index contributed by atoms with van der Waals surface area (Å²) in [5.41, 5.74) is 1.78. The predicted octanol–water partition coefficient (Wildman–Crippen LogP) is 3.41. The molecule has 0 radical (unpaired) electrons. The van der Waals surface area contributed by atoms with E-state index in [9.17, 15) is 4.79 Å². The molecule has 16 heavy (non-hydrogen) atoms. The van der Waals surface area contributed by atoms with Crippen molar-refractivity contribution in [2.24, 2.45) is 0 Å². The largest absolute Gasteiger partial charge is 0.494 e. The number of Topliss-reactive ketones (excluding diaryl/α,β-unsaturated/α-hetero) is 1. The Labute approximate surface area is 96.9 Å². The maximum absolute atomic E-state index is 11.6. The van der Waals surface area contributed by atoms with Crippen molar-refractivity contribution in [1.29, 1.82) is 0 Å². The van der Waals surface area contributed by atoms with Crippen LogP contribution in [0.3, 0.4) is 0 Å². The van der Waals surface area contributed by atoms with Crippen LogP contribution < -0.4 is 4.74 Å². The normalized spacial score (nSPS) is 9.88. The van der Waals surface area contributed by atoms with Gasteiger partial charge in [0.15, 0.2) is 5.78 Å². The Balaban J connectivity index is 3.05. The molecule has 2 heteroatoms. The summed E-state index contributed by atoms with van der Waals surface area (Å²) in [5, 5.41) is 0. The minimum absolute atomic E-state index is 0.161. The molecule has 0 amide bonds. The highest BCUT2D eigenvalue weighted by Crippen LogP contribution is 2.22. The van der Waals surface area contributed by atoms with Crippen LogP contribution in [-0.2, 0) is 6.42 Å². The van der Waals surface area contributed by atoms with Crippen LogP contribution in [0.25, 0.3) is 0 Å². The Bertz CT molecular complexity index is 380. The van der Waals surface area contributed by atoms with E-state index < -0.39 is 0 Å². The summed E-state index contributed by atoms with van der Waals surface area (Å²) < 4.78 is 5.50. The van der Waals surface area contributed by atoms with Crippen molar-refractivity contribution in [2.45, 2.75) is 26.7 Å². The Kier molecular flexibility index (Phi) is 4.77. The minimum Gasteiger partial charge on any atom is -0.494 e. The van der Waals surface area contributed by atoms with E-state index >= 15 is 0 Å². The van der Waals surface area contributed by atoms with Gasteiger partial charge in [0.25, 0.3) is 0 Å². The minimum atomic E-state index is 0.161. The number of benzene rings is 1. The van der Waals surface area contributed by atoms with Crippen LogP contribution in [0.4, 0.5) is 0 Å². The molecule has 0 saturated carbocycles. The molecule has 0 aliphatic carbocycles. The summed E-state index contributed by atoms with van der Waals surface area (Å²) in [7, 11) is 0. The maximum Gasteiger partial charge on any atom is 0.162 e. The van der Waals surface area contributed by atoms with Gasteiger partial charge in [-0.3, -0.25) is 4.79 Å². The van der Waals surface area contributed by atoms with Crippen LogP contribution in [-0.4, -0.2) is 12.4 Å². The number of hydrogen-bond donors (Lipinski definition) is 0. The summed E-state index contributed by atoms with van der Waals surface area (Å²) in [6.45, 7) is 8.16. The standard InChI is InChI=1S/C14H18O2/c1-4-7-12-10-11(13(15)5-2)8-9-14(12)16-6-3/h4,8-10H,1,5-7H2,2-3H3. The van der Waals surface area contributed by atoms with Crippen LogP contribution >= 0.6 is 0 Å². The lowest BCUT2D eigenvalue weighted by molar-refractivity contribution is 0.0988. The van der Waals surface area contributed by atoms with Crippen molar-refractivity contribution in [3.63, 3.8) is 0 Å². The van der Waals surface area contributed by atoms with E-state index in [-0.39, 0.29) is 5.78 Å². The van der Waals surface area contributed by atoms with E-state index in [1.165, 1.54) is 0 Å². The number of carbonyl (C=O) groups excluding carboxylic acids is 1. The van der Waals surface area contributed by atoms with Gasteiger partial charge in [0, 0.05) is 12.0 Å². The van der Waals surface area contributed by atoms with Crippen molar-refractivity contribution in [3.05, 3.63) is 42.0 Å². The maximum atomic E-state index is 11.6. The highest BCUT2D eigenvalue weighted by Gasteiger charge is 2.08. The molecule has 2 nitrogen and oxygen atoms in total. The summed E-state index contributed by atoms with van der Waals surface area (Å²) in [6.07, 6.45) is 3.07. The Morgan fingerprint density at radius 3 is 2.75 bits per heavy atom. The average Bonchev–Trinajstić information content (AvgIpc) is 2.31. The summed E-state index contributed by atoms with van der Waals surface area (Å²) in [5.74, 6) is 1.00. The SMILES string of the molecule is C=CCc1cc(C(=O)CC)ccc1OCC. The molecule has 0 unspecified atom stereocenters. The average molecular weight is 218 g/mol. The third-order valence-electron chi connectivity index (χ3n) is 2.37. The number of carbonyl (C=O) groups is 1. The first-order chi connectivity index (χ1) is 7.72. The van der Waals surface area contributed by atoms with Crippen molar-refractivity contribution in [3.8, 4) is 5.75 Å². The molecule has 0 atom stereocenters. The topological polar surface area (TPSA) is 26.3 Å². The first kappa shape index (κ1) is 12.5. The Hall–Kier alpha value is -1.57. The molecule has 0 heterocycles. The van der Waals surface area contributed by atoms with E-state index in [0.29, 0.717) is 13.0 Å². The molecule has 0 spiro atoms. The lowest BCUT2D eigenvalue weighted by atomic mass is 10.0. The van der Waals surface area contributed by atoms with Gasteiger partial charge in [0.05, 0.1) is 6.61 Å². The second-order valence-corrected chi connectivity index (χ2v) is 3.53. The zero-order valence-corrected chi connectivity index (χ0v) is 9.95. The lowest BCUT2D eigenvalue weighted by Crippen LogP contribution is -2.01. The van der Waals surface area contributed by atoms with Gasteiger partial charge in [0.1, 0.15) is 5.75 Å². The number of ketones is 1. The highest BCUT2D eigenvalue weighted by molar-refractivity contribution is 5.96. The van der Waals surface area contributed by atoms with Gasteiger partial charge < -0.3 is 4.74 Å². The van der Waals surface area contributed by atoms with Gasteiger partial charge >= 0.3 is 0 Å². The molecule has 0 fully saturated rings. The van der Waals surface area contributed by atoms with Crippen molar-refractivity contribution in [1.82, 2.24) is 0 Å². The molecule has 0 bridgehead atoms. The Morgan fingerprint density at radius 1 is 1.44 bits per heavy atom. The lowest BCUT2D eigenvalue weighted by Gasteiger charge is -2.10. The van der Waals surface area contributed by atoms with Crippen molar-refractivity contribution in [2.75, 3.05) is 6.61 Å². The van der Waals surface area contributed by atoms with Crippen LogP contribution in [0.1, 0.15) is 36.2 Å². The number of ether oxygens (including phenoxy) is 1. The molecule has 1 aromatic rings. The summed E-state index contributed by atoms with van der Waals surface area (Å²) in [4.78, 5) is 11.6. The van der Waals surface area contributed by atoms with E-state index in [1.54, 1.807) is 0 Å². The molecule has 0 aliphatic heterocycles. The monoisotopic (exact) mass is 218 g/mol. The molecule has 0 aromatic heterocycles. The zero-order valence-electron chi connectivity index (χ0n) is 9.95. The predicted molar refractivity (Wildman–Crippen MR) is 66.1 cm³/mol. The smallest absolute Gasteiger partial charge is 0.162 e. The van der Waals surface area contributed by atoms with Gasteiger partial charge in [-0.05, 0) is 37.1 Å².